The third kappa shape index (κ3) is 12.0. The van der Waals surface area contributed by atoms with Gasteiger partial charge in [0.15, 0.2) is 0 Å². The molecule has 3 aromatic carbocycles. The third-order valence-electron chi connectivity index (χ3n) is 14.6. The number of hydrogen-bond donors (Lipinski definition) is 4. The fraction of sp³-hybridized carbons (Fsp3) is 0.474. The maximum atomic E-state index is 15.0. The van der Waals surface area contributed by atoms with Crippen LogP contribution in [0.1, 0.15) is 99.7 Å². The minimum absolute atomic E-state index is 0.0146. The van der Waals surface area contributed by atoms with E-state index in [4.69, 9.17) is 9.47 Å². The SMILES string of the molecule is COc1cccc2c1C(=O)N([C@H](C(=O)N1C[C@H](OCC(C)(C)C(=O)N[C@H](C(=O)N3C[C@H](O)C[C@H]3C(=O)NCc3ccc(-c4scnc4C)cc3)C(C)(C)C)C[C@H]1C(=O)NCc1ccc(-c3scnc3C)cc1)C(C)C)C2. The van der Waals surface area contributed by atoms with Crippen LogP contribution in [0.25, 0.3) is 20.9 Å². The van der Waals surface area contributed by atoms with Crippen LogP contribution in [0.15, 0.2) is 77.8 Å². The Hall–Kier alpha value is -6.54. The van der Waals surface area contributed by atoms with E-state index in [2.05, 4.69) is 25.9 Å². The standard InChI is InChI=1S/C57H70N8O9S2/c1-32(2)46(65-26-39-12-11-13-44(73-10)45(39)52(65)69)53(70)64-28-41(23-43(64)51(68)59-25-36-16-20-38(21-17-36)48-34(4)61-31-76-48)74-29-57(8,9)55(72)62-49(56(5,6)7)54(71)63-27-40(66)22-42(63)50(67)58-24-35-14-18-37(19-15-35)47-33(3)60-30-75-47/h11-21,30-32,40-43,46,49,66H,22-29H2,1-10H3,(H,58,67)(H,59,68)(H,62,72)/t40-,41-,42+,43+,46+,49-/m1/s1. The van der Waals surface area contributed by atoms with Gasteiger partial charge in [-0.3, -0.25) is 28.8 Å². The zero-order chi connectivity index (χ0) is 54.8. The fourth-order valence-corrected chi connectivity index (χ4v) is 11.9. The molecular formula is C57H70N8O9S2. The number of aryl methyl sites for hydroxylation is 2. The highest BCUT2D eigenvalue weighted by molar-refractivity contribution is 7.13. The second-order valence-electron chi connectivity index (χ2n) is 22.2. The first kappa shape index (κ1) is 55.7. The van der Waals surface area contributed by atoms with Gasteiger partial charge in [0.2, 0.25) is 29.5 Å². The molecule has 0 aliphatic carbocycles. The van der Waals surface area contributed by atoms with Gasteiger partial charge in [0.25, 0.3) is 5.91 Å². The van der Waals surface area contributed by atoms with E-state index in [0.29, 0.717) is 11.3 Å². The van der Waals surface area contributed by atoms with Gasteiger partial charge in [-0.1, -0.05) is 95.3 Å². The van der Waals surface area contributed by atoms with Gasteiger partial charge in [0, 0.05) is 45.6 Å². The predicted octanol–water partition coefficient (Wildman–Crippen LogP) is 6.68. The van der Waals surface area contributed by atoms with Crippen LogP contribution in [-0.4, -0.2) is 128 Å². The zero-order valence-corrected chi connectivity index (χ0v) is 46.6. The number of nitrogens with zero attached hydrogens (tertiary/aromatic N) is 5. The molecule has 404 valence electrons. The van der Waals surface area contributed by atoms with Crippen LogP contribution >= 0.6 is 22.7 Å². The maximum absolute atomic E-state index is 15.0. The molecule has 17 nitrogen and oxygen atoms in total. The topological polar surface area (TPSA) is 213 Å². The first-order valence-electron chi connectivity index (χ1n) is 25.8. The number of aliphatic hydroxyl groups is 1. The summed E-state index contributed by atoms with van der Waals surface area (Å²) < 4.78 is 12.0. The number of carbonyl (C=O) groups is 6. The number of nitrogens with one attached hydrogen (secondary N) is 3. The van der Waals surface area contributed by atoms with Crippen molar-refractivity contribution in [2.45, 2.75) is 131 Å². The lowest BCUT2D eigenvalue weighted by molar-refractivity contribution is -0.146. The molecular weight excluding hydrogens is 1000 g/mol. The highest BCUT2D eigenvalue weighted by Gasteiger charge is 2.49. The van der Waals surface area contributed by atoms with Crippen molar-refractivity contribution in [3.8, 4) is 26.6 Å². The molecule has 5 aromatic rings. The van der Waals surface area contributed by atoms with E-state index in [1.54, 1.807) is 58.5 Å². The van der Waals surface area contributed by atoms with Crippen LogP contribution in [0.3, 0.4) is 0 Å². The molecule has 6 atom stereocenters. The van der Waals surface area contributed by atoms with Crippen LogP contribution in [0.2, 0.25) is 0 Å². The Kier molecular flexibility index (Phi) is 16.8. The number of carbonyl (C=O) groups excluding carboxylic acids is 6. The molecule has 0 bridgehead atoms. The molecule has 19 heteroatoms. The number of amides is 6. The summed E-state index contributed by atoms with van der Waals surface area (Å²) in [4.78, 5) is 101. The first-order chi connectivity index (χ1) is 36.1. The molecule has 8 rings (SSSR count). The largest absolute Gasteiger partial charge is 0.496 e. The highest BCUT2D eigenvalue weighted by atomic mass is 32.1. The number of β-amino-alcohol motifs (C(OH)–C–C–N with tert-alkyl or cyclic N) is 1. The Labute approximate surface area is 452 Å². The van der Waals surface area contributed by atoms with E-state index >= 15 is 0 Å². The molecule has 0 unspecified atom stereocenters. The first-order valence-corrected chi connectivity index (χ1v) is 27.5. The molecule has 76 heavy (non-hydrogen) atoms. The van der Waals surface area contributed by atoms with Crippen molar-refractivity contribution in [3.63, 3.8) is 0 Å². The van der Waals surface area contributed by atoms with Gasteiger partial charge >= 0.3 is 0 Å². The number of thiazole rings is 2. The average molecular weight is 1080 g/mol. The van der Waals surface area contributed by atoms with Gasteiger partial charge < -0.3 is 45.2 Å². The van der Waals surface area contributed by atoms with Crippen molar-refractivity contribution >= 4 is 58.1 Å². The Morgan fingerprint density at radius 1 is 0.763 bits per heavy atom. The maximum Gasteiger partial charge on any atom is 0.258 e. The Bertz CT molecular complexity index is 2950. The van der Waals surface area contributed by atoms with Crippen molar-refractivity contribution in [1.82, 2.24) is 40.6 Å². The van der Waals surface area contributed by atoms with Crippen LogP contribution in [0.5, 0.6) is 5.75 Å². The number of ether oxygens (including phenoxy) is 2. The minimum atomic E-state index is -1.23. The van der Waals surface area contributed by atoms with Crippen molar-refractivity contribution < 1.29 is 43.3 Å². The summed E-state index contributed by atoms with van der Waals surface area (Å²) in [6.07, 6.45) is -1.46. The summed E-state index contributed by atoms with van der Waals surface area (Å²) in [5, 5.41) is 19.8. The quantitative estimate of drug-likeness (QED) is 0.0727. The Balaban J connectivity index is 0.941. The number of hydrogen-bond acceptors (Lipinski definition) is 13. The van der Waals surface area contributed by atoms with E-state index < -0.39 is 70.8 Å². The van der Waals surface area contributed by atoms with Crippen LogP contribution in [0.4, 0.5) is 0 Å². The molecule has 2 saturated heterocycles. The lowest BCUT2D eigenvalue weighted by Crippen LogP contribution is -2.59. The molecule has 0 spiro atoms. The van der Waals surface area contributed by atoms with E-state index in [9.17, 15) is 33.9 Å². The number of rotatable bonds is 18. The van der Waals surface area contributed by atoms with E-state index in [1.165, 1.54) is 16.9 Å². The molecule has 2 fully saturated rings. The van der Waals surface area contributed by atoms with E-state index in [0.717, 1.165) is 49.0 Å². The van der Waals surface area contributed by atoms with Crippen molar-refractivity contribution in [1.29, 1.82) is 0 Å². The van der Waals surface area contributed by atoms with Gasteiger partial charge in [0.1, 0.15) is 29.9 Å². The number of methoxy groups -OCH3 is 1. The van der Waals surface area contributed by atoms with E-state index in [1.807, 2.05) is 109 Å². The molecule has 2 aromatic heterocycles. The summed E-state index contributed by atoms with van der Waals surface area (Å²) in [6, 6.07) is 17.1. The predicted molar refractivity (Wildman–Crippen MR) is 291 cm³/mol. The average Bonchev–Trinajstić information content (AvgIpc) is 4.27. The summed E-state index contributed by atoms with van der Waals surface area (Å²) in [5.41, 5.74) is 8.37. The van der Waals surface area contributed by atoms with Gasteiger partial charge in [0.05, 0.1) is 69.1 Å². The normalized spacial score (nSPS) is 19.4. The zero-order valence-electron chi connectivity index (χ0n) is 45.0. The highest BCUT2D eigenvalue weighted by Crippen LogP contribution is 2.36. The fourth-order valence-electron chi connectivity index (χ4n) is 10.3. The summed E-state index contributed by atoms with van der Waals surface area (Å²) >= 11 is 3.12. The number of fused-ring (bicyclic) bond motifs is 1. The van der Waals surface area contributed by atoms with Crippen LogP contribution in [-0.2, 0) is 48.3 Å². The van der Waals surface area contributed by atoms with E-state index in [-0.39, 0.29) is 69.9 Å². The van der Waals surface area contributed by atoms with Gasteiger partial charge in [-0.25, -0.2) is 9.97 Å². The summed E-state index contributed by atoms with van der Waals surface area (Å²) in [5.74, 6) is -2.43. The molecule has 4 N–H and O–H groups in total. The van der Waals surface area contributed by atoms with Crippen LogP contribution < -0.4 is 20.7 Å². The van der Waals surface area contributed by atoms with Gasteiger partial charge in [-0.15, -0.1) is 22.7 Å². The lowest BCUT2D eigenvalue weighted by atomic mass is 9.84. The number of benzene rings is 3. The van der Waals surface area contributed by atoms with Crippen molar-refractivity contribution in [2.75, 3.05) is 26.8 Å². The van der Waals surface area contributed by atoms with Gasteiger partial charge in [-0.05, 0) is 72.9 Å². The second-order valence-corrected chi connectivity index (χ2v) is 23.9. The number of aromatic nitrogens is 2. The molecule has 6 amide bonds. The number of aliphatic hydroxyl groups excluding tert-OH is 1. The van der Waals surface area contributed by atoms with Crippen molar-refractivity contribution in [3.05, 3.63) is 111 Å². The summed E-state index contributed by atoms with van der Waals surface area (Å²) in [7, 11) is 1.50. The van der Waals surface area contributed by atoms with Crippen molar-refractivity contribution in [2.24, 2.45) is 16.7 Å². The lowest BCUT2D eigenvalue weighted by Gasteiger charge is -2.37. The molecule has 3 aliphatic rings. The molecule has 5 heterocycles. The minimum Gasteiger partial charge on any atom is -0.496 e. The third-order valence-corrected chi connectivity index (χ3v) is 16.6. The Morgan fingerprint density at radius 3 is 1.80 bits per heavy atom. The smallest absolute Gasteiger partial charge is 0.258 e. The monoisotopic (exact) mass is 1070 g/mol. The van der Waals surface area contributed by atoms with Gasteiger partial charge in [-0.2, -0.15) is 0 Å². The molecule has 3 aliphatic heterocycles. The second kappa shape index (κ2) is 23.0. The number of likely N-dealkylation sites (tertiary alicyclic amines) is 2. The molecule has 0 radical (unpaired) electrons. The molecule has 0 saturated carbocycles. The van der Waals surface area contributed by atoms with Crippen LogP contribution in [0, 0.1) is 30.6 Å². The Morgan fingerprint density at radius 2 is 1.30 bits per heavy atom. The summed E-state index contributed by atoms with van der Waals surface area (Å²) in [6.45, 7) is 16.9.